The van der Waals surface area contributed by atoms with Crippen LogP contribution in [0.25, 0.3) is 11.3 Å². The molecule has 0 aliphatic rings. The van der Waals surface area contributed by atoms with E-state index in [1.807, 2.05) is 24.3 Å². The molecule has 0 spiro atoms. The first-order valence-electron chi connectivity index (χ1n) is 11.7. The fourth-order valence-electron chi connectivity index (χ4n) is 3.67. The predicted octanol–water partition coefficient (Wildman–Crippen LogP) is 4.57. The van der Waals surface area contributed by atoms with Gasteiger partial charge in [0.25, 0.3) is 5.56 Å². The summed E-state index contributed by atoms with van der Waals surface area (Å²) in [5.74, 6) is 1.31. The minimum atomic E-state index is -4.44. The Bertz CT molecular complexity index is 1700. The Labute approximate surface area is 228 Å². The number of hydrogen-bond acceptors (Lipinski definition) is 9. The van der Waals surface area contributed by atoms with Gasteiger partial charge in [-0.05, 0) is 35.4 Å². The minimum Gasteiger partial charge on any atom is -0.497 e. The minimum absolute atomic E-state index is 0.0653. The average Bonchev–Trinajstić information content (AvgIpc) is 3.39. The van der Waals surface area contributed by atoms with E-state index in [4.69, 9.17) is 14.9 Å². The van der Waals surface area contributed by atoms with Crippen LogP contribution in [0.5, 0.6) is 11.6 Å². The van der Waals surface area contributed by atoms with E-state index in [0.29, 0.717) is 5.56 Å². The van der Waals surface area contributed by atoms with Crippen molar-refractivity contribution in [2.24, 2.45) is 0 Å². The van der Waals surface area contributed by atoms with Gasteiger partial charge in [-0.15, -0.1) is 9.73 Å². The van der Waals surface area contributed by atoms with Crippen LogP contribution in [0.3, 0.4) is 0 Å². The molecule has 40 heavy (non-hydrogen) atoms. The van der Waals surface area contributed by atoms with Crippen molar-refractivity contribution in [3.05, 3.63) is 99.7 Å². The van der Waals surface area contributed by atoms with Gasteiger partial charge in [-0.25, -0.2) is 14.5 Å². The molecule has 14 heteroatoms. The standard InChI is InChI=1S/C26H20F3N7O3S/c1-38-20-8-4-16(5-9-20)14-39-22-13-31-21(12-32-22)35-24(37)23-18(10-30)11-33-36(23)34-25(35)40-15-17-2-6-19(7-3-17)26(27,28)29/h2-13,30H,14-15H2,1H3. The summed E-state index contributed by atoms with van der Waals surface area (Å²) in [5.41, 5.74) is 0.515. The smallest absolute Gasteiger partial charge is 0.416 e. The molecule has 1 N–H and O–H groups in total. The summed E-state index contributed by atoms with van der Waals surface area (Å²) in [4.78, 5) is 22.1. The molecule has 0 unspecified atom stereocenters. The summed E-state index contributed by atoms with van der Waals surface area (Å²) in [5, 5.41) is 16.2. The van der Waals surface area contributed by atoms with Gasteiger partial charge in [0.2, 0.25) is 5.88 Å². The molecule has 204 valence electrons. The van der Waals surface area contributed by atoms with Crippen LogP contribution in [-0.4, -0.2) is 42.7 Å². The molecule has 3 aromatic heterocycles. The molecule has 3 heterocycles. The molecule has 5 rings (SSSR count). The number of alkyl halides is 3. The number of thioether (sulfide) groups is 1. The number of ether oxygens (including phenoxy) is 2. The lowest BCUT2D eigenvalue weighted by atomic mass is 10.1. The third kappa shape index (κ3) is 5.66. The highest BCUT2D eigenvalue weighted by atomic mass is 32.2. The summed E-state index contributed by atoms with van der Waals surface area (Å²) in [6.07, 6.45) is 0.619. The molecule has 0 saturated carbocycles. The summed E-state index contributed by atoms with van der Waals surface area (Å²) in [6, 6.07) is 12.1. The second-order valence-corrected chi connectivity index (χ2v) is 9.28. The van der Waals surface area contributed by atoms with E-state index in [0.717, 1.165) is 46.1 Å². The van der Waals surface area contributed by atoms with Gasteiger partial charge >= 0.3 is 6.18 Å². The number of aromatic nitrogens is 6. The van der Waals surface area contributed by atoms with Crippen LogP contribution in [0.15, 0.2) is 77.1 Å². The van der Waals surface area contributed by atoms with Crippen molar-refractivity contribution in [3.8, 4) is 17.4 Å². The molecule has 0 radical (unpaired) electrons. The fraction of sp³-hybridized carbons (Fsp3) is 0.154. The number of rotatable bonds is 9. The number of hydrogen-bond donors (Lipinski definition) is 1. The number of nitrogens with one attached hydrogen (secondary N) is 1. The quantitative estimate of drug-likeness (QED) is 0.203. The molecule has 0 saturated heterocycles. The second-order valence-electron chi connectivity index (χ2n) is 8.34. The van der Waals surface area contributed by atoms with Crippen LogP contribution in [0.1, 0.15) is 22.3 Å². The SMILES string of the molecule is COc1ccc(COc2cnc(-n3c(SCc4ccc(C(F)(F)F)cc4)nn4ncc(C=N)c4c3=O)cn2)cc1. The Kier molecular flexibility index (Phi) is 7.51. The maximum atomic E-state index is 13.5. The highest BCUT2D eigenvalue weighted by Crippen LogP contribution is 2.30. The number of benzene rings is 2. The van der Waals surface area contributed by atoms with Crippen molar-refractivity contribution < 1.29 is 22.6 Å². The third-order valence-electron chi connectivity index (χ3n) is 5.75. The monoisotopic (exact) mass is 567 g/mol. The van der Waals surface area contributed by atoms with Crippen molar-refractivity contribution in [2.75, 3.05) is 7.11 Å². The first-order valence-corrected chi connectivity index (χ1v) is 12.6. The zero-order chi connectivity index (χ0) is 28.3. The molecule has 10 nitrogen and oxygen atoms in total. The van der Waals surface area contributed by atoms with Crippen LogP contribution < -0.4 is 15.0 Å². The Morgan fingerprint density at radius 3 is 2.35 bits per heavy atom. The van der Waals surface area contributed by atoms with Crippen molar-refractivity contribution in [3.63, 3.8) is 0 Å². The van der Waals surface area contributed by atoms with Gasteiger partial charge in [0.05, 0.1) is 31.3 Å². The second kappa shape index (κ2) is 11.2. The van der Waals surface area contributed by atoms with Gasteiger partial charge in [0.15, 0.2) is 16.5 Å². The molecular weight excluding hydrogens is 547 g/mol. The number of fused-ring (bicyclic) bond motifs is 1. The summed E-state index contributed by atoms with van der Waals surface area (Å²) < 4.78 is 52.0. The summed E-state index contributed by atoms with van der Waals surface area (Å²) >= 11 is 1.11. The van der Waals surface area contributed by atoms with Gasteiger partial charge < -0.3 is 14.9 Å². The van der Waals surface area contributed by atoms with Crippen molar-refractivity contribution >= 4 is 23.5 Å². The van der Waals surface area contributed by atoms with E-state index in [-0.39, 0.29) is 40.3 Å². The van der Waals surface area contributed by atoms with E-state index in [1.165, 1.54) is 35.3 Å². The van der Waals surface area contributed by atoms with E-state index < -0.39 is 17.3 Å². The largest absolute Gasteiger partial charge is 0.497 e. The van der Waals surface area contributed by atoms with E-state index >= 15 is 0 Å². The lowest BCUT2D eigenvalue weighted by Crippen LogP contribution is -2.26. The molecule has 0 bridgehead atoms. The Balaban J connectivity index is 1.42. The summed E-state index contributed by atoms with van der Waals surface area (Å²) in [6.45, 7) is 0.234. The highest BCUT2D eigenvalue weighted by Gasteiger charge is 2.30. The normalized spacial score (nSPS) is 11.5. The Hall–Kier alpha value is -4.72. The summed E-state index contributed by atoms with van der Waals surface area (Å²) in [7, 11) is 1.58. The lowest BCUT2D eigenvalue weighted by Gasteiger charge is -2.12. The van der Waals surface area contributed by atoms with Gasteiger partial charge in [0, 0.05) is 17.5 Å². The van der Waals surface area contributed by atoms with Crippen molar-refractivity contribution in [2.45, 2.75) is 23.7 Å². The molecule has 0 aliphatic heterocycles. The van der Waals surface area contributed by atoms with E-state index in [2.05, 4.69) is 20.2 Å². The Morgan fingerprint density at radius 1 is 1.00 bits per heavy atom. The molecule has 0 fully saturated rings. The first-order chi connectivity index (χ1) is 19.3. The lowest BCUT2D eigenvalue weighted by molar-refractivity contribution is -0.137. The third-order valence-corrected chi connectivity index (χ3v) is 6.75. The molecule has 0 atom stereocenters. The molecule has 0 amide bonds. The average molecular weight is 568 g/mol. The topological polar surface area (TPSA) is 120 Å². The van der Waals surface area contributed by atoms with Crippen LogP contribution in [0.4, 0.5) is 13.2 Å². The highest BCUT2D eigenvalue weighted by molar-refractivity contribution is 7.98. The molecule has 0 aliphatic carbocycles. The van der Waals surface area contributed by atoms with E-state index in [9.17, 15) is 18.0 Å². The van der Waals surface area contributed by atoms with Crippen LogP contribution in [0, 0.1) is 5.41 Å². The molecular formula is C26H20F3N7O3S. The van der Waals surface area contributed by atoms with Crippen LogP contribution in [0.2, 0.25) is 0 Å². The van der Waals surface area contributed by atoms with Crippen molar-refractivity contribution in [1.82, 2.24) is 29.4 Å². The fourth-order valence-corrected chi connectivity index (χ4v) is 4.60. The van der Waals surface area contributed by atoms with Gasteiger partial charge in [-0.3, -0.25) is 4.79 Å². The van der Waals surface area contributed by atoms with Gasteiger partial charge in [-0.1, -0.05) is 36.0 Å². The first kappa shape index (κ1) is 26.9. The number of halogens is 3. The molecule has 5 aromatic rings. The molecule has 2 aromatic carbocycles. The van der Waals surface area contributed by atoms with E-state index in [1.54, 1.807) is 7.11 Å². The van der Waals surface area contributed by atoms with Gasteiger partial charge in [0.1, 0.15) is 12.4 Å². The maximum absolute atomic E-state index is 13.5. The Morgan fingerprint density at radius 2 is 1.73 bits per heavy atom. The van der Waals surface area contributed by atoms with Crippen LogP contribution in [-0.2, 0) is 18.5 Å². The van der Waals surface area contributed by atoms with Crippen molar-refractivity contribution in [1.29, 1.82) is 5.41 Å². The number of nitrogens with zero attached hydrogens (tertiary/aromatic N) is 6. The number of methoxy groups -OCH3 is 1. The zero-order valence-electron chi connectivity index (χ0n) is 20.8. The predicted molar refractivity (Wildman–Crippen MR) is 140 cm³/mol. The van der Waals surface area contributed by atoms with Crippen LogP contribution >= 0.6 is 11.8 Å². The van der Waals surface area contributed by atoms with Gasteiger partial charge in [-0.2, -0.15) is 18.3 Å². The maximum Gasteiger partial charge on any atom is 0.416 e. The zero-order valence-corrected chi connectivity index (χ0v) is 21.6.